The summed E-state index contributed by atoms with van der Waals surface area (Å²) in [6.07, 6.45) is 1.11. The number of aromatic nitrogens is 2. The molecule has 1 unspecified atom stereocenters. The van der Waals surface area contributed by atoms with Crippen LogP contribution in [0.25, 0.3) is 10.9 Å². The van der Waals surface area contributed by atoms with E-state index in [-0.39, 0.29) is 5.91 Å². The molecule has 1 fully saturated rings. The zero-order valence-corrected chi connectivity index (χ0v) is 15.8. The Hall–Kier alpha value is -2.66. The molecule has 27 heavy (non-hydrogen) atoms. The third-order valence-electron chi connectivity index (χ3n) is 5.40. The fourth-order valence-corrected chi connectivity index (χ4v) is 3.98. The number of carbonyl (C=O) groups is 1. The van der Waals surface area contributed by atoms with E-state index in [4.69, 9.17) is 0 Å². The number of hydrogen-bond donors (Lipinski definition) is 1. The van der Waals surface area contributed by atoms with Crippen LogP contribution >= 0.6 is 0 Å². The van der Waals surface area contributed by atoms with Crippen LogP contribution in [-0.2, 0) is 17.9 Å². The summed E-state index contributed by atoms with van der Waals surface area (Å²) >= 11 is 0. The molecule has 140 valence electrons. The second-order valence-corrected chi connectivity index (χ2v) is 7.19. The number of fused-ring (bicyclic) bond motifs is 1. The van der Waals surface area contributed by atoms with Crippen LogP contribution in [0, 0.1) is 0 Å². The van der Waals surface area contributed by atoms with Gasteiger partial charge in [0.2, 0.25) is 5.91 Å². The van der Waals surface area contributed by atoms with Crippen LogP contribution in [0.3, 0.4) is 0 Å². The standard InChI is InChI=1S/C22H26N4O/c1-2-26-21-11-7-6-10-19(21)20(24-26)14-23-22(27)16-25-13-12-18(15-25)17-8-4-3-5-9-17/h3-11,18H,2,12-16H2,1H3,(H,23,27). The molecular formula is C22H26N4O. The van der Waals surface area contributed by atoms with Crippen molar-refractivity contribution in [2.24, 2.45) is 0 Å². The molecule has 0 radical (unpaired) electrons. The van der Waals surface area contributed by atoms with E-state index in [0.29, 0.717) is 19.0 Å². The molecule has 3 aromatic rings. The lowest BCUT2D eigenvalue weighted by Crippen LogP contribution is -2.35. The maximum atomic E-state index is 12.4. The number of likely N-dealkylation sites (tertiary alicyclic amines) is 1. The van der Waals surface area contributed by atoms with Crippen LogP contribution in [0.1, 0.15) is 30.5 Å². The van der Waals surface area contributed by atoms with Crippen molar-refractivity contribution in [3.8, 4) is 0 Å². The van der Waals surface area contributed by atoms with E-state index in [1.54, 1.807) is 0 Å². The number of nitrogens with one attached hydrogen (secondary N) is 1. The Labute approximate surface area is 160 Å². The second kappa shape index (κ2) is 7.92. The first-order chi connectivity index (χ1) is 13.2. The molecule has 1 aliphatic rings. The van der Waals surface area contributed by atoms with Gasteiger partial charge in [0.1, 0.15) is 0 Å². The third kappa shape index (κ3) is 3.88. The van der Waals surface area contributed by atoms with Gasteiger partial charge in [0.15, 0.2) is 0 Å². The highest BCUT2D eigenvalue weighted by Crippen LogP contribution is 2.26. The second-order valence-electron chi connectivity index (χ2n) is 7.19. The maximum Gasteiger partial charge on any atom is 0.234 e. The monoisotopic (exact) mass is 362 g/mol. The molecule has 4 rings (SSSR count). The van der Waals surface area contributed by atoms with Crippen molar-refractivity contribution in [2.75, 3.05) is 19.6 Å². The van der Waals surface area contributed by atoms with Crippen LogP contribution in [-0.4, -0.2) is 40.2 Å². The average molecular weight is 362 g/mol. The number of rotatable bonds is 6. The lowest BCUT2D eigenvalue weighted by atomic mass is 9.99. The highest BCUT2D eigenvalue weighted by molar-refractivity contribution is 5.83. The number of carbonyl (C=O) groups excluding carboxylic acids is 1. The average Bonchev–Trinajstić information content (AvgIpc) is 3.32. The molecule has 0 bridgehead atoms. The topological polar surface area (TPSA) is 50.2 Å². The zero-order chi connectivity index (χ0) is 18.6. The Balaban J connectivity index is 1.33. The third-order valence-corrected chi connectivity index (χ3v) is 5.40. The molecular weight excluding hydrogens is 336 g/mol. The van der Waals surface area contributed by atoms with Crippen LogP contribution in [0.2, 0.25) is 0 Å². The van der Waals surface area contributed by atoms with Gasteiger partial charge in [-0.05, 0) is 37.4 Å². The van der Waals surface area contributed by atoms with E-state index in [9.17, 15) is 4.79 Å². The van der Waals surface area contributed by atoms with E-state index in [2.05, 4.69) is 58.6 Å². The summed E-state index contributed by atoms with van der Waals surface area (Å²) in [7, 11) is 0. The van der Waals surface area contributed by atoms with E-state index < -0.39 is 0 Å². The van der Waals surface area contributed by atoms with E-state index >= 15 is 0 Å². The molecule has 0 saturated carbocycles. The van der Waals surface area contributed by atoms with Gasteiger partial charge in [-0.15, -0.1) is 0 Å². The van der Waals surface area contributed by atoms with E-state index in [1.807, 2.05) is 22.9 Å². The molecule has 5 nitrogen and oxygen atoms in total. The molecule has 0 aliphatic carbocycles. The van der Waals surface area contributed by atoms with Gasteiger partial charge in [-0.2, -0.15) is 5.10 Å². The van der Waals surface area contributed by atoms with Gasteiger partial charge < -0.3 is 5.32 Å². The van der Waals surface area contributed by atoms with Crippen LogP contribution in [0.5, 0.6) is 0 Å². The van der Waals surface area contributed by atoms with Crippen molar-refractivity contribution in [1.82, 2.24) is 20.0 Å². The van der Waals surface area contributed by atoms with Gasteiger partial charge in [0, 0.05) is 18.5 Å². The minimum Gasteiger partial charge on any atom is -0.349 e. The van der Waals surface area contributed by atoms with E-state index in [1.165, 1.54) is 5.56 Å². The quantitative estimate of drug-likeness (QED) is 0.733. The van der Waals surface area contributed by atoms with Crippen LogP contribution in [0.15, 0.2) is 54.6 Å². The summed E-state index contributed by atoms with van der Waals surface area (Å²) in [5.41, 5.74) is 3.43. The Bertz CT molecular complexity index is 918. The summed E-state index contributed by atoms with van der Waals surface area (Å²) < 4.78 is 1.99. The smallest absolute Gasteiger partial charge is 0.234 e. The maximum absolute atomic E-state index is 12.4. The number of hydrogen-bond acceptors (Lipinski definition) is 3. The summed E-state index contributed by atoms with van der Waals surface area (Å²) in [5.74, 6) is 0.599. The van der Waals surface area contributed by atoms with Gasteiger partial charge in [0.05, 0.1) is 24.3 Å². The number of benzene rings is 2. The largest absolute Gasteiger partial charge is 0.349 e. The van der Waals surface area contributed by atoms with Crippen LogP contribution < -0.4 is 5.32 Å². The molecule has 2 aromatic carbocycles. The van der Waals surface area contributed by atoms with Crippen molar-refractivity contribution in [1.29, 1.82) is 0 Å². The highest BCUT2D eigenvalue weighted by atomic mass is 16.2. The zero-order valence-electron chi connectivity index (χ0n) is 15.8. The van der Waals surface area contributed by atoms with Crippen molar-refractivity contribution in [3.63, 3.8) is 0 Å². The first-order valence-electron chi connectivity index (χ1n) is 9.73. The van der Waals surface area contributed by atoms with Gasteiger partial charge in [-0.25, -0.2) is 0 Å². The SMILES string of the molecule is CCn1nc(CNC(=O)CN2CCC(c3ccccc3)C2)c2ccccc21. The number of para-hydroxylation sites is 1. The van der Waals surface area contributed by atoms with E-state index in [0.717, 1.165) is 42.7 Å². The first kappa shape index (κ1) is 17.7. The fraction of sp³-hybridized carbons (Fsp3) is 0.364. The molecule has 1 N–H and O–H groups in total. The molecule has 5 heteroatoms. The van der Waals surface area contributed by atoms with Gasteiger partial charge in [-0.1, -0.05) is 48.5 Å². The summed E-state index contributed by atoms with van der Waals surface area (Å²) in [6.45, 7) is 5.75. The minimum absolute atomic E-state index is 0.0684. The first-order valence-corrected chi connectivity index (χ1v) is 9.73. The number of amides is 1. The minimum atomic E-state index is 0.0684. The molecule has 0 spiro atoms. The predicted octanol–water partition coefficient (Wildman–Crippen LogP) is 3.16. The van der Waals surface area contributed by atoms with Crippen molar-refractivity contribution in [3.05, 3.63) is 65.9 Å². The van der Waals surface area contributed by atoms with Crippen molar-refractivity contribution >= 4 is 16.8 Å². The number of aryl methyl sites for hydroxylation is 1. The molecule has 1 atom stereocenters. The predicted molar refractivity (Wildman–Crippen MR) is 107 cm³/mol. The van der Waals surface area contributed by atoms with Gasteiger partial charge >= 0.3 is 0 Å². The summed E-state index contributed by atoms with van der Waals surface area (Å²) in [6, 6.07) is 18.8. The van der Waals surface area contributed by atoms with Gasteiger partial charge in [0.25, 0.3) is 0 Å². The lowest BCUT2D eigenvalue weighted by Gasteiger charge is -2.15. The Morgan fingerprint density at radius 1 is 1.15 bits per heavy atom. The number of nitrogens with zero attached hydrogens (tertiary/aromatic N) is 3. The van der Waals surface area contributed by atoms with Crippen molar-refractivity contribution < 1.29 is 4.79 Å². The summed E-state index contributed by atoms with van der Waals surface area (Å²) in [5, 5.41) is 8.82. The molecule has 1 aliphatic heterocycles. The highest BCUT2D eigenvalue weighted by Gasteiger charge is 2.25. The van der Waals surface area contributed by atoms with Crippen molar-refractivity contribution in [2.45, 2.75) is 32.4 Å². The Kier molecular flexibility index (Phi) is 5.21. The normalized spacial score (nSPS) is 17.4. The van der Waals surface area contributed by atoms with Crippen LogP contribution in [0.4, 0.5) is 0 Å². The lowest BCUT2D eigenvalue weighted by molar-refractivity contribution is -0.122. The van der Waals surface area contributed by atoms with Gasteiger partial charge in [-0.3, -0.25) is 14.4 Å². The molecule has 1 aromatic heterocycles. The Morgan fingerprint density at radius 2 is 1.93 bits per heavy atom. The Morgan fingerprint density at radius 3 is 2.74 bits per heavy atom. The molecule has 2 heterocycles. The molecule has 1 saturated heterocycles. The molecule has 1 amide bonds. The summed E-state index contributed by atoms with van der Waals surface area (Å²) in [4.78, 5) is 14.7. The fourth-order valence-electron chi connectivity index (χ4n) is 3.98.